The van der Waals surface area contributed by atoms with Crippen LogP contribution in [0.4, 0.5) is 5.69 Å². The number of hydrogen-bond acceptors (Lipinski definition) is 4. The topological polar surface area (TPSA) is 84.5 Å². The number of carbonyl (C=O) groups excluding carboxylic acids is 3. The number of ether oxygens (including phenoxy) is 1. The lowest BCUT2D eigenvalue weighted by Crippen LogP contribution is -2.22. The van der Waals surface area contributed by atoms with E-state index in [9.17, 15) is 14.4 Å². The van der Waals surface area contributed by atoms with Crippen molar-refractivity contribution in [3.63, 3.8) is 0 Å². The molecule has 0 aliphatic rings. The molecule has 0 saturated heterocycles. The van der Waals surface area contributed by atoms with Crippen LogP contribution in [0.25, 0.3) is 10.8 Å². The molecule has 0 radical (unpaired) electrons. The second-order valence-electron chi connectivity index (χ2n) is 5.85. The molecule has 0 spiro atoms. The molecule has 0 bridgehead atoms. The zero-order valence-electron chi connectivity index (χ0n) is 14.7. The summed E-state index contributed by atoms with van der Waals surface area (Å²) >= 11 is 0. The number of fused-ring (bicyclic) bond motifs is 1. The van der Waals surface area contributed by atoms with Crippen molar-refractivity contribution in [2.24, 2.45) is 0 Å². The van der Waals surface area contributed by atoms with Gasteiger partial charge in [-0.3, -0.25) is 9.59 Å². The molecule has 3 rings (SSSR count). The molecule has 27 heavy (non-hydrogen) atoms. The third-order valence-corrected chi connectivity index (χ3v) is 3.96. The molecular weight excluding hydrogens is 344 g/mol. The number of benzene rings is 3. The minimum atomic E-state index is -0.574. The summed E-state index contributed by atoms with van der Waals surface area (Å²) in [6.07, 6.45) is 0. The summed E-state index contributed by atoms with van der Waals surface area (Å²) in [6.45, 7) is -0.421. The molecule has 136 valence electrons. The number of nitrogens with one attached hydrogen (secondary N) is 2. The van der Waals surface area contributed by atoms with Gasteiger partial charge in [0.2, 0.25) is 0 Å². The van der Waals surface area contributed by atoms with Crippen molar-refractivity contribution < 1.29 is 19.1 Å². The van der Waals surface area contributed by atoms with E-state index < -0.39 is 18.5 Å². The molecule has 0 atom stereocenters. The highest BCUT2D eigenvalue weighted by atomic mass is 16.5. The fourth-order valence-corrected chi connectivity index (χ4v) is 2.61. The van der Waals surface area contributed by atoms with Gasteiger partial charge in [-0.15, -0.1) is 0 Å². The molecule has 0 saturated carbocycles. The van der Waals surface area contributed by atoms with Crippen LogP contribution >= 0.6 is 0 Å². The molecule has 0 unspecified atom stereocenters. The standard InChI is InChI=1S/C21H18N2O4/c1-22-20(25)16-7-4-8-18(12-16)23-19(24)13-27-21(26)17-10-9-14-5-2-3-6-15(14)11-17/h2-12H,13H2,1H3,(H,22,25)(H,23,24). The Hall–Kier alpha value is -3.67. The van der Waals surface area contributed by atoms with Crippen molar-refractivity contribution in [3.05, 3.63) is 77.9 Å². The van der Waals surface area contributed by atoms with Gasteiger partial charge in [0.25, 0.3) is 11.8 Å². The number of esters is 1. The summed E-state index contributed by atoms with van der Waals surface area (Å²) in [5.41, 5.74) is 1.24. The van der Waals surface area contributed by atoms with Gasteiger partial charge in [-0.2, -0.15) is 0 Å². The highest BCUT2D eigenvalue weighted by Gasteiger charge is 2.12. The molecule has 0 heterocycles. The first-order valence-corrected chi connectivity index (χ1v) is 8.35. The first kappa shape index (κ1) is 18.1. The molecule has 3 aromatic carbocycles. The Bertz CT molecular complexity index is 1010. The molecular formula is C21H18N2O4. The Kier molecular flexibility index (Phi) is 5.47. The molecule has 6 nitrogen and oxygen atoms in total. The van der Waals surface area contributed by atoms with E-state index in [2.05, 4.69) is 10.6 Å². The monoisotopic (exact) mass is 362 g/mol. The fraction of sp³-hybridized carbons (Fsp3) is 0.0952. The molecule has 2 N–H and O–H groups in total. The van der Waals surface area contributed by atoms with Gasteiger partial charge in [0.1, 0.15) is 0 Å². The van der Waals surface area contributed by atoms with E-state index in [1.165, 1.54) is 7.05 Å². The van der Waals surface area contributed by atoms with Crippen LogP contribution in [0, 0.1) is 0 Å². The minimum Gasteiger partial charge on any atom is -0.452 e. The van der Waals surface area contributed by atoms with Crippen molar-refractivity contribution in [2.45, 2.75) is 0 Å². The molecule has 6 heteroatoms. The maximum absolute atomic E-state index is 12.2. The maximum Gasteiger partial charge on any atom is 0.338 e. The van der Waals surface area contributed by atoms with Crippen molar-refractivity contribution in [2.75, 3.05) is 19.0 Å². The van der Waals surface area contributed by atoms with Crippen molar-refractivity contribution in [1.82, 2.24) is 5.32 Å². The largest absolute Gasteiger partial charge is 0.452 e. The number of hydrogen-bond donors (Lipinski definition) is 2. The molecule has 3 aromatic rings. The van der Waals surface area contributed by atoms with E-state index in [1.807, 2.05) is 30.3 Å². The average Bonchev–Trinajstić information content (AvgIpc) is 2.71. The number of anilines is 1. The molecule has 0 aliphatic heterocycles. The van der Waals surface area contributed by atoms with Gasteiger partial charge in [-0.25, -0.2) is 4.79 Å². The van der Waals surface area contributed by atoms with Crippen molar-refractivity contribution in [3.8, 4) is 0 Å². The number of carbonyl (C=O) groups is 3. The van der Waals surface area contributed by atoms with Crippen LogP contribution in [0.5, 0.6) is 0 Å². The van der Waals surface area contributed by atoms with E-state index in [-0.39, 0.29) is 5.91 Å². The van der Waals surface area contributed by atoms with Gasteiger partial charge in [0.05, 0.1) is 5.56 Å². The van der Waals surface area contributed by atoms with Crippen LogP contribution in [-0.2, 0) is 9.53 Å². The highest BCUT2D eigenvalue weighted by Crippen LogP contribution is 2.16. The quantitative estimate of drug-likeness (QED) is 0.684. The van der Waals surface area contributed by atoms with Crippen molar-refractivity contribution >= 4 is 34.2 Å². The molecule has 0 aromatic heterocycles. The zero-order valence-corrected chi connectivity index (χ0v) is 14.7. The van der Waals surface area contributed by atoms with E-state index in [1.54, 1.807) is 36.4 Å². The lowest BCUT2D eigenvalue weighted by molar-refractivity contribution is -0.119. The van der Waals surface area contributed by atoms with Gasteiger partial charge in [-0.05, 0) is 41.1 Å². The lowest BCUT2D eigenvalue weighted by Gasteiger charge is -2.08. The third kappa shape index (κ3) is 4.49. The molecule has 0 fully saturated rings. The number of amides is 2. The van der Waals surface area contributed by atoms with Crippen LogP contribution in [0.1, 0.15) is 20.7 Å². The van der Waals surface area contributed by atoms with Crippen LogP contribution in [0.2, 0.25) is 0 Å². The summed E-state index contributed by atoms with van der Waals surface area (Å²) in [4.78, 5) is 35.8. The molecule has 0 aliphatic carbocycles. The first-order chi connectivity index (χ1) is 13.1. The summed E-state index contributed by atoms with van der Waals surface area (Å²) in [7, 11) is 1.53. The highest BCUT2D eigenvalue weighted by molar-refractivity contribution is 5.99. The van der Waals surface area contributed by atoms with Crippen LogP contribution in [-0.4, -0.2) is 31.4 Å². The predicted molar refractivity (Wildman–Crippen MR) is 103 cm³/mol. The van der Waals surface area contributed by atoms with E-state index in [0.29, 0.717) is 16.8 Å². The Labute approximate surface area is 156 Å². The summed E-state index contributed by atoms with van der Waals surface area (Å²) < 4.78 is 5.08. The maximum atomic E-state index is 12.2. The Balaban J connectivity index is 1.59. The van der Waals surface area contributed by atoms with E-state index >= 15 is 0 Å². The third-order valence-electron chi connectivity index (χ3n) is 3.96. The number of rotatable bonds is 5. The SMILES string of the molecule is CNC(=O)c1cccc(NC(=O)COC(=O)c2ccc3ccccc3c2)c1. The van der Waals surface area contributed by atoms with Crippen LogP contribution in [0.3, 0.4) is 0 Å². The summed E-state index contributed by atoms with van der Waals surface area (Å²) in [5.74, 6) is -1.32. The minimum absolute atomic E-state index is 0.256. The van der Waals surface area contributed by atoms with Gasteiger partial charge < -0.3 is 15.4 Å². The average molecular weight is 362 g/mol. The van der Waals surface area contributed by atoms with Crippen LogP contribution in [0.15, 0.2) is 66.7 Å². The molecule has 2 amide bonds. The fourth-order valence-electron chi connectivity index (χ4n) is 2.61. The first-order valence-electron chi connectivity index (χ1n) is 8.35. The Morgan fingerprint density at radius 2 is 1.63 bits per heavy atom. The predicted octanol–water partition coefficient (Wildman–Crippen LogP) is 2.99. The van der Waals surface area contributed by atoms with Crippen LogP contribution < -0.4 is 10.6 Å². The van der Waals surface area contributed by atoms with Gasteiger partial charge in [-0.1, -0.05) is 36.4 Å². The zero-order chi connectivity index (χ0) is 19.2. The van der Waals surface area contributed by atoms with Gasteiger partial charge in [0, 0.05) is 18.3 Å². The smallest absolute Gasteiger partial charge is 0.338 e. The lowest BCUT2D eigenvalue weighted by atomic mass is 10.1. The van der Waals surface area contributed by atoms with Crippen molar-refractivity contribution in [1.29, 1.82) is 0 Å². The second kappa shape index (κ2) is 8.14. The Morgan fingerprint density at radius 3 is 2.41 bits per heavy atom. The normalized spacial score (nSPS) is 10.3. The van der Waals surface area contributed by atoms with Gasteiger partial charge >= 0.3 is 5.97 Å². The summed E-state index contributed by atoms with van der Waals surface area (Å²) in [5, 5.41) is 7.05. The van der Waals surface area contributed by atoms with E-state index in [0.717, 1.165) is 10.8 Å². The van der Waals surface area contributed by atoms with E-state index in [4.69, 9.17) is 4.74 Å². The Morgan fingerprint density at radius 1 is 0.852 bits per heavy atom. The van der Waals surface area contributed by atoms with Gasteiger partial charge in [0.15, 0.2) is 6.61 Å². The summed E-state index contributed by atoms with van der Waals surface area (Å²) in [6, 6.07) is 19.4. The second-order valence-corrected chi connectivity index (χ2v) is 5.85.